The molecule has 0 saturated carbocycles. The molecule has 1 aliphatic rings. The molecular weight excluding hydrogens is 154 g/mol. The first kappa shape index (κ1) is 9.39. The van der Waals surface area contributed by atoms with E-state index in [0.717, 1.165) is 19.6 Å². The average Bonchev–Trinajstić information content (AvgIpc) is 2.32. The predicted molar refractivity (Wildman–Crippen MR) is 47.3 cm³/mol. The zero-order valence-corrected chi connectivity index (χ0v) is 8.09. The van der Waals surface area contributed by atoms with E-state index in [1.54, 1.807) is 5.06 Å². The molecule has 0 amide bonds. The van der Waals surface area contributed by atoms with Gasteiger partial charge in [-0.05, 0) is 33.8 Å². The van der Waals surface area contributed by atoms with E-state index in [2.05, 4.69) is 6.58 Å². The highest BCUT2D eigenvalue weighted by Gasteiger charge is 2.20. The van der Waals surface area contributed by atoms with Gasteiger partial charge in [0.25, 0.3) is 0 Å². The summed E-state index contributed by atoms with van der Waals surface area (Å²) in [4.78, 5) is 5.27. The van der Waals surface area contributed by atoms with Crippen molar-refractivity contribution in [2.45, 2.75) is 32.8 Å². The molecule has 0 aliphatic carbocycles. The highest BCUT2D eigenvalue weighted by Crippen LogP contribution is 2.18. The fourth-order valence-corrected chi connectivity index (χ4v) is 1.05. The molecule has 70 valence electrons. The fraction of sp³-hybridized carbons (Fsp3) is 0.778. The van der Waals surface area contributed by atoms with E-state index in [-0.39, 0.29) is 5.60 Å². The number of rotatable bonds is 2. The van der Waals surface area contributed by atoms with E-state index in [1.807, 2.05) is 20.8 Å². The van der Waals surface area contributed by atoms with Gasteiger partial charge in [-0.25, -0.2) is 5.06 Å². The summed E-state index contributed by atoms with van der Waals surface area (Å²) in [6, 6.07) is 0. The van der Waals surface area contributed by atoms with Gasteiger partial charge in [-0.1, -0.05) is 0 Å². The molecule has 3 heteroatoms. The van der Waals surface area contributed by atoms with Gasteiger partial charge in [0.15, 0.2) is 0 Å². The van der Waals surface area contributed by atoms with Crippen LogP contribution in [-0.2, 0) is 9.57 Å². The molecule has 3 nitrogen and oxygen atoms in total. The Morgan fingerprint density at radius 3 is 2.58 bits per heavy atom. The van der Waals surface area contributed by atoms with Crippen LogP contribution in [0.15, 0.2) is 12.5 Å². The SMILES string of the molecule is C=C(OC(C)(C)C)N1CCCO1. The summed E-state index contributed by atoms with van der Waals surface area (Å²) in [5.74, 6) is 0.611. The molecule has 0 radical (unpaired) electrons. The van der Waals surface area contributed by atoms with Gasteiger partial charge in [0.2, 0.25) is 5.88 Å². The molecule has 1 heterocycles. The predicted octanol–water partition coefficient (Wildman–Crippen LogP) is 1.91. The van der Waals surface area contributed by atoms with Crippen LogP contribution in [0.25, 0.3) is 0 Å². The number of ether oxygens (including phenoxy) is 1. The minimum absolute atomic E-state index is 0.191. The van der Waals surface area contributed by atoms with Gasteiger partial charge in [-0.15, -0.1) is 0 Å². The van der Waals surface area contributed by atoms with Crippen LogP contribution in [0.2, 0.25) is 0 Å². The monoisotopic (exact) mass is 171 g/mol. The maximum absolute atomic E-state index is 5.53. The molecule has 0 unspecified atom stereocenters. The Kier molecular flexibility index (Phi) is 2.62. The highest BCUT2D eigenvalue weighted by molar-refractivity contribution is 4.83. The maximum Gasteiger partial charge on any atom is 0.206 e. The Morgan fingerprint density at radius 1 is 1.50 bits per heavy atom. The maximum atomic E-state index is 5.53. The van der Waals surface area contributed by atoms with Gasteiger partial charge >= 0.3 is 0 Å². The number of nitrogens with zero attached hydrogens (tertiary/aromatic N) is 1. The Balaban J connectivity index is 2.37. The molecule has 0 aromatic carbocycles. The van der Waals surface area contributed by atoms with Crippen molar-refractivity contribution in [2.75, 3.05) is 13.2 Å². The van der Waals surface area contributed by atoms with Gasteiger partial charge in [0, 0.05) is 0 Å². The van der Waals surface area contributed by atoms with Crippen molar-refractivity contribution in [1.82, 2.24) is 5.06 Å². The lowest BCUT2D eigenvalue weighted by molar-refractivity contribution is -0.142. The first-order valence-electron chi connectivity index (χ1n) is 4.27. The van der Waals surface area contributed by atoms with Gasteiger partial charge < -0.3 is 4.74 Å². The van der Waals surface area contributed by atoms with Crippen LogP contribution in [0, 0.1) is 0 Å². The minimum atomic E-state index is -0.191. The molecule has 0 aromatic heterocycles. The summed E-state index contributed by atoms with van der Waals surface area (Å²) in [6.07, 6.45) is 1.05. The topological polar surface area (TPSA) is 21.7 Å². The van der Waals surface area contributed by atoms with Gasteiger partial charge in [-0.2, -0.15) is 0 Å². The molecule has 0 spiro atoms. The van der Waals surface area contributed by atoms with Crippen LogP contribution in [-0.4, -0.2) is 23.8 Å². The van der Waals surface area contributed by atoms with E-state index >= 15 is 0 Å². The number of hydrogen-bond donors (Lipinski definition) is 0. The smallest absolute Gasteiger partial charge is 0.206 e. The lowest BCUT2D eigenvalue weighted by atomic mass is 10.2. The molecular formula is C9H17NO2. The van der Waals surface area contributed by atoms with Crippen LogP contribution < -0.4 is 0 Å². The quantitative estimate of drug-likeness (QED) is 0.592. The summed E-state index contributed by atoms with van der Waals surface area (Å²) < 4.78 is 5.53. The van der Waals surface area contributed by atoms with Crippen molar-refractivity contribution in [3.63, 3.8) is 0 Å². The zero-order chi connectivity index (χ0) is 9.19. The summed E-state index contributed by atoms with van der Waals surface area (Å²) >= 11 is 0. The molecule has 0 atom stereocenters. The molecule has 0 bridgehead atoms. The first-order valence-corrected chi connectivity index (χ1v) is 4.27. The van der Waals surface area contributed by atoms with E-state index in [4.69, 9.17) is 9.57 Å². The molecule has 1 aliphatic heterocycles. The first-order chi connectivity index (χ1) is 5.49. The normalized spacial score (nSPS) is 18.1. The van der Waals surface area contributed by atoms with E-state index < -0.39 is 0 Å². The van der Waals surface area contributed by atoms with Crippen molar-refractivity contribution in [3.05, 3.63) is 12.5 Å². The van der Waals surface area contributed by atoms with Crippen molar-refractivity contribution >= 4 is 0 Å². The van der Waals surface area contributed by atoms with Crippen LogP contribution in [0.5, 0.6) is 0 Å². The van der Waals surface area contributed by atoms with Gasteiger partial charge in [0.1, 0.15) is 5.60 Å². The van der Waals surface area contributed by atoms with E-state index in [1.165, 1.54) is 0 Å². The fourth-order valence-electron chi connectivity index (χ4n) is 1.05. The Morgan fingerprint density at radius 2 is 2.17 bits per heavy atom. The molecule has 0 N–H and O–H groups in total. The summed E-state index contributed by atoms with van der Waals surface area (Å²) in [5.41, 5.74) is -0.191. The number of hydrogen-bond acceptors (Lipinski definition) is 3. The van der Waals surface area contributed by atoms with Crippen LogP contribution in [0.4, 0.5) is 0 Å². The van der Waals surface area contributed by atoms with Crippen molar-refractivity contribution < 1.29 is 9.57 Å². The van der Waals surface area contributed by atoms with Gasteiger partial charge in [-0.3, -0.25) is 4.84 Å². The third-order valence-electron chi connectivity index (χ3n) is 1.45. The summed E-state index contributed by atoms with van der Waals surface area (Å²) in [7, 11) is 0. The van der Waals surface area contributed by atoms with E-state index in [0.29, 0.717) is 5.88 Å². The zero-order valence-electron chi connectivity index (χ0n) is 8.09. The standard InChI is InChI=1S/C9H17NO2/c1-8(12-9(2,3)4)10-6-5-7-11-10/h1,5-7H2,2-4H3. The van der Waals surface area contributed by atoms with Crippen molar-refractivity contribution in [2.24, 2.45) is 0 Å². The third kappa shape index (κ3) is 2.74. The Bertz CT molecular complexity index is 166. The minimum Gasteiger partial charge on any atom is -0.472 e. The number of hydroxylamine groups is 2. The molecule has 1 rings (SSSR count). The second-order valence-corrected chi connectivity index (χ2v) is 3.90. The molecule has 1 fully saturated rings. The molecule has 0 aromatic rings. The van der Waals surface area contributed by atoms with Crippen LogP contribution in [0.3, 0.4) is 0 Å². The largest absolute Gasteiger partial charge is 0.472 e. The lowest BCUT2D eigenvalue weighted by Gasteiger charge is -2.27. The Labute approximate surface area is 73.9 Å². The van der Waals surface area contributed by atoms with Crippen molar-refractivity contribution in [1.29, 1.82) is 0 Å². The average molecular weight is 171 g/mol. The van der Waals surface area contributed by atoms with Crippen molar-refractivity contribution in [3.8, 4) is 0 Å². The molecule has 1 saturated heterocycles. The lowest BCUT2D eigenvalue weighted by Crippen LogP contribution is -2.26. The Hall–Kier alpha value is -0.700. The van der Waals surface area contributed by atoms with Gasteiger partial charge in [0.05, 0.1) is 13.2 Å². The summed E-state index contributed by atoms with van der Waals surface area (Å²) in [6.45, 7) is 11.4. The third-order valence-corrected chi connectivity index (χ3v) is 1.45. The van der Waals surface area contributed by atoms with E-state index in [9.17, 15) is 0 Å². The highest BCUT2D eigenvalue weighted by atomic mass is 16.7. The molecule has 12 heavy (non-hydrogen) atoms. The van der Waals surface area contributed by atoms with Crippen LogP contribution in [0.1, 0.15) is 27.2 Å². The summed E-state index contributed by atoms with van der Waals surface area (Å²) in [5, 5.41) is 1.71. The van der Waals surface area contributed by atoms with Crippen LogP contribution >= 0.6 is 0 Å². The second kappa shape index (κ2) is 3.35. The second-order valence-electron chi connectivity index (χ2n) is 3.90.